The van der Waals surface area contributed by atoms with Gasteiger partial charge in [-0.25, -0.2) is 9.97 Å². The number of fused-ring (bicyclic) bond motifs is 3. The van der Waals surface area contributed by atoms with Crippen molar-refractivity contribution >= 4 is 5.69 Å². The smallest absolute Gasteiger partial charge is 0.133 e. The molecule has 0 aromatic carbocycles. The molecule has 0 N–H and O–H groups in total. The molecule has 1 aromatic heterocycles. The SMILES string of the molecule is CC(C)(C)c1ncc(N2CC3CCC2CN3C(C)(C)C)cn1. The second-order valence-electron chi connectivity index (χ2n) is 8.88. The standard InChI is InChI=1S/C18H30N4/c1-17(2,3)16-19-9-15(10-20-16)21-11-14-8-7-13(21)12-22(14)18(4,5)6/h9-10,13-14H,7-8,11-12H2,1-6H3. The molecule has 2 unspecified atom stereocenters. The molecule has 1 aromatic rings. The number of hydrogen-bond acceptors (Lipinski definition) is 4. The van der Waals surface area contributed by atoms with Gasteiger partial charge in [-0.1, -0.05) is 20.8 Å². The average molecular weight is 302 g/mol. The van der Waals surface area contributed by atoms with E-state index in [4.69, 9.17) is 0 Å². The van der Waals surface area contributed by atoms with Gasteiger partial charge in [0.2, 0.25) is 0 Å². The van der Waals surface area contributed by atoms with Crippen LogP contribution in [0.1, 0.15) is 60.2 Å². The molecule has 0 saturated carbocycles. The zero-order chi connectivity index (χ0) is 16.1. The fraction of sp³-hybridized carbons (Fsp3) is 0.778. The van der Waals surface area contributed by atoms with Crippen LogP contribution in [0, 0.1) is 0 Å². The Hall–Kier alpha value is -1.16. The van der Waals surface area contributed by atoms with E-state index >= 15 is 0 Å². The molecule has 4 heteroatoms. The number of rotatable bonds is 1. The van der Waals surface area contributed by atoms with Gasteiger partial charge in [0.1, 0.15) is 5.82 Å². The summed E-state index contributed by atoms with van der Waals surface area (Å²) in [5.74, 6) is 0.926. The molecule has 2 bridgehead atoms. The van der Waals surface area contributed by atoms with Crippen molar-refractivity contribution < 1.29 is 0 Å². The van der Waals surface area contributed by atoms with E-state index < -0.39 is 0 Å². The monoisotopic (exact) mass is 302 g/mol. The van der Waals surface area contributed by atoms with Crippen LogP contribution in [0.4, 0.5) is 5.69 Å². The van der Waals surface area contributed by atoms with Crippen molar-refractivity contribution in [1.82, 2.24) is 14.9 Å². The summed E-state index contributed by atoms with van der Waals surface area (Å²) in [6.45, 7) is 15.7. The minimum Gasteiger partial charge on any atom is -0.363 e. The Bertz CT molecular complexity index is 524. The summed E-state index contributed by atoms with van der Waals surface area (Å²) in [6.07, 6.45) is 6.66. The van der Waals surface area contributed by atoms with Crippen molar-refractivity contribution in [2.24, 2.45) is 0 Å². The molecule has 0 spiro atoms. The minimum absolute atomic E-state index is 0.0163. The maximum Gasteiger partial charge on any atom is 0.133 e. The molecule has 3 fully saturated rings. The molecule has 22 heavy (non-hydrogen) atoms. The Morgan fingerprint density at radius 2 is 1.50 bits per heavy atom. The van der Waals surface area contributed by atoms with Crippen molar-refractivity contribution in [1.29, 1.82) is 0 Å². The third kappa shape index (κ3) is 2.85. The third-order valence-electron chi connectivity index (χ3n) is 5.03. The van der Waals surface area contributed by atoms with Crippen LogP contribution in [-0.4, -0.2) is 45.6 Å². The van der Waals surface area contributed by atoms with Gasteiger partial charge in [-0.05, 0) is 33.6 Å². The molecule has 4 heterocycles. The summed E-state index contributed by atoms with van der Waals surface area (Å²) in [4.78, 5) is 14.4. The van der Waals surface area contributed by atoms with E-state index in [1.807, 2.05) is 12.4 Å². The normalized spacial score (nSPS) is 26.5. The number of aromatic nitrogens is 2. The highest BCUT2D eigenvalue weighted by molar-refractivity contribution is 5.45. The van der Waals surface area contributed by atoms with Gasteiger partial charge in [0.15, 0.2) is 0 Å². The van der Waals surface area contributed by atoms with Gasteiger partial charge >= 0.3 is 0 Å². The lowest BCUT2D eigenvalue weighted by Crippen LogP contribution is -2.66. The number of nitrogens with zero attached hydrogens (tertiary/aromatic N) is 4. The molecule has 0 radical (unpaired) electrons. The van der Waals surface area contributed by atoms with Crippen molar-refractivity contribution in [2.45, 2.75) is 77.4 Å². The van der Waals surface area contributed by atoms with Gasteiger partial charge in [-0.15, -0.1) is 0 Å². The molecule has 3 aliphatic rings. The molecule has 0 aliphatic carbocycles. The van der Waals surface area contributed by atoms with Crippen LogP contribution >= 0.6 is 0 Å². The van der Waals surface area contributed by atoms with Gasteiger partial charge in [0.25, 0.3) is 0 Å². The molecule has 3 aliphatic heterocycles. The maximum atomic E-state index is 4.61. The van der Waals surface area contributed by atoms with Crippen molar-refractivity contribution in [2.75, 3.05) is 18.0 Å². The fourth-order valence-corrected chi connectivity index (χ4v) is 3.82. The van der Waals surface area contributed by atoms with Crippen LogP contribution in [0.2, 0.25) is 0 Å². The summed E-state index contributed by atoms with van der Waals surface area (Å²) in [6, 6.07) is 1.26. The second kappa shape index (κ2) is 5.19. The Balaban J connectivity index is 1.78. The Morgan fingerprint density at radius 3 is 1.95 bits per heavy atom. The van der Waals surface area contributed by atoms with E-state index in [1.54, 1.807) is 0 Å². The van der Waals surface area contributed by atoms with Crippen LogP contribution in [-0.2, 0) is 5.41 Å². The number of piperidine rings is 2. The van der Waals surface area contributed by atoms with Crippen molar-refractivity contribution in [3.05, 3.63) is 18.2 Å². The van der Waals surface area contributed by atoms with Gasteiger partial charge < -0.3 is 4.90 Å². The molecule has 0 amide bonds. The van der Waals surface area contributed by atoms with E-state index in [-0.39, 0.29) is 11.0 Å². The first-order valence-corrected chi connectivity index (χ1v) is 8.52. The topological polar surface area (TPSA) is 32.3 Å². The Morgan fingerprint density at radius 1 is 0.909 bits per heavy atom. The van der Waals surface area contributed by atoms with Crippen molar-refractivity contribution in [3.63, 3.8) is 0 Å². The Kier molecular flexibility index (Phi) is 3.71. The zero-order valence-electron chi connectivity index (χ0n) is 14.9. The van der Waals surface area contributed by atoms with Gasteiger partial charge in [-0.2, -0.15) is 0 Å². The highest BCUT2D eigenvalue weighted by Gasteiger charge is 2.43. The Labute approximate surface area is 134 Å². The lowest BCUT2D eigenvalue weighted by molar-refractivity contribution is 0.0182. The van der Waals surface area contributed by atoms with Gasteiger partial charge in [0, 0.05) is 36.1 Å². The summed E-state index contributed by atoms with van der Waals surface area (Å²) in [7, 11) is 0. The number of anilines is 1. The fourth-order valence-electron chi connectivity index (χ4n) is 3.82. The minimum atomic E-state index is 0.0163. The van der Waals surface area contributed by atoms with E-state index in [0.717, 1.165) is 18.9 Å². The first-order valence-electron chi connectivity index (χ1n) is 8.52. The quantitative estimate of drug-likeness (QED) is 0.797. The average Bonchev–Trinajstić information content (AvgIpc) is 2.46. The predicted molar refractivity (Wildman–Crippen MR) is 91.3 cm³/mol. The van der Waals surface area contributed by atoms with Crippen LogP contribution in [0.3, 0.4) is 0 Å². The van der Waals surface area contributed by atoms with Crippen molar-refractivity contribution in [3.8, 4) is 0 Å². The largest absolute Gasteiger partial charge is 0.363 e. The van der Waals surface area contributed by atoms with E-state index in [2.05, 4.69) is 61.3 Å². The van der Waals surface area contributed by atoms with E-state index in [9.17, 15) is 0 Å². The van der Waals surface area contributed by atoms with Crippen LogP contribution in [0.15, 0.2) is 12.4 Å². The van der Waals surface area contributed by atoms with Crippen LogP contribution < -0.4 is 4.90 Å². The number of hydrogen-bond donors (Lipinski definition) is 0. The number of piperazine rings is 1. The molecular formula is C18H30N4. The van der Waals surface area contributed by atoms with Crippen LogP contribution in [0.5, 0.6) is 0 Å². The van der Waals surface area contributed by atoms with Crippen LogP contribution in [0.25, 0.3) is 0 Å². The summed E-state index contributed by atoms with van der Waals surface area (Å²) >= 11 is 0. The maximum absolute atomic E-state index is 4.61. The lowest BCUT2D eigenvalue weighted by Gasteiger charge is -2.56. The van der Waals surface area contributed by atoms with E-state index in [0.29, 0.717) is 12.1 Å². The summed E-state index contributed by atoms with van der Waals surface area (Å²) < 4.78 is 0. The van der Waals surface area contributed by atoms with E-state index in [1.165, 1.54) is 18.5 Å². The molecule has 4 rings (SSSR count). The van der Waals surface area contributed by atoms with Gasteiger partial charge in [-0.3, -0.25) is 4.90 Å². The lowest BCUT2D eigenvalue weighted by atomic mass is 9.86. The van der Waals surface area contributed by atoms with Gasteiger partial charge in [0.05, 0.1) is 18.1 Å². The molecule has 2 atom stereocenters. The summed E-state index contributed by atoms with van der Waals surface area (Å²) in [5.41, 5.74) is 1.47. The molecule has 122 valence electrons. The first-order chi connectivity index (χ1) is 10.2. The zero-order valence-corrected chi connectivity index (χ0v) is 14.9. The highest BCUT2D eigenvalue weighted by Crippen LogP contribution is 2.36. The highest BCUT2D eigenvalue weighted by atomic mass is 15.3. The predicted octanol–water partition coefficient (Wildman–Crippen LogP) is 3.23. The molecular weight excluding hydrogens is 272 g/mol. The second-order valence-corrected chi connectivity index (χ2v) is 8.88. The molecule has 3 saturated heterocycles. The molecule has 4 nitrogen and oxygen atoms in total. The first kappa shape index (κ1) is 15.7. The summed E-state index contributed by atoms with van der Waals surface area (Å²) in [5, 5.41) is 0. The third-order valence-corrected chi connectivity index (χ3v) is 5.03.